The van der Waals surface area contributed by atoms with Crippen molar-refractivity contribution in [3.8, 4) is 0 Å². The minimum absolute atomic E-state index is 0.149. The number of amides is 1. The third-order valence-corrected chi connectivity index (χ3v) is 3.77. The van der Waals surface area contributed by atoms with E-state index in [1.54, 1.807) is 12.1 Å². The zero-order valence-corrected chi connectivity index (χ0v) is 10.4. The van der Waals surface area contributed by atoms with Crippen LogP contribution in [0.1, 0.15) is 16.1 Å². The topological polar surface area (TPSA) is 54.0 Å². The Kier molecular flexibility index (Phi) is 3.39. The van der Waals surface area contributed by atoms with Crippen LogP contribution in [0.3, 0.4) is 0 Å². The van der Waals surface area contributed by atoms with Gasteiger partial charge in [-0.15, -0.1) is 0 Å². The minimum atomic E-state index is -0.149. The number of aryl methyl sites for hydroxylation is 1. The number of hydrogen-bond donors (Lipinski definition) is 2. The van der Waals surface area contributed by atoms with Crippen molar-refractivity contribution in [3.63, 3.8) is 0 Å². The third-order valence-electron chi connectivity index (χ3n) is 1.94. The standard InChI is InChI=1S/C11H11N3OSe/c1-8-7-16-11(12-8)14-13-10(15)9-5-3-2-4-6-9/h2-7H,1H3,(H,12,14)(H,13,15). The second-order valence-electron chi connectivity index (χ2n) is 3.24. The molecule has 1 heterocycles. The summed E-state index contributed by atoms with van der Waals surface area (Å²) in [4.78, 5) is 17.9. The fourth-order valence-electron chi connectivity index (χ4n) is 1.18. The van der Waals surface area contributed by atoms with Crippen molar-refractivity contribution < 1.29 is 4.79 Å². The molecule has 0 bridgehead atoms. The molecule has 0 saturated carbocycles. The second-order valence-corrected chi connectivity index (χ2v) is 5.04. The van der Waals surface area contributed by atoms with Crippen LogP contribution in [0.15, 0.2) is 35.3 Å². The van der Waals surface area contributed by atoms with Crippen molar-refractivity contribution in [1.29, 1.82) is 0 Å². The number of hydrogen-bond acceptors (Lipinski definition) is 3. The van der Waals surface area contributed by atoms with Crippen LogP contribution < -0.4 is 10.9 Å². The average molecular weight is 280 g/mol. The fourth-order valence-corrected chi connectivity index (χ4v) is 2.53. The first kappa shape index (κ1) is 10.9. The molecule has 1 aromatic heterocycles. The maximum absolute atomic E-state index is 11.6. The summed E-state index contributed by atoms with van der Waals surface area (Å²) in [6.45, 7) is 1.94. The summed E-state index contributed by atoms with van der Waals surface area (Å²) >= 11 is 0.202. The molecule has 0 saturated heterocycles. The Hall–Kier alpha value is -1.58. The Labute approximate surface area is 99.4 Å². The van der Waals surface area contributed by atoms with Gasteiger partial charge in [0.15, 0.2) is 0 Å². The molecular formula is C11H11N3OSe. The number of rotatable bonds is 3. The van der Waals surface area contributed by atoms with Gasteiger partial charge in [0, 0.05) is 0 Å². The van der Waals surface area contributed by atoms with Crippen molar-refractivity contribution in [2.75, 3.05) is 5.43 Å². The van der Waals surface area contributed by atoms with Gasteiger partial charge in [-0.1, -0.05) is 0 Å². The van der Waals surface area contributed by atoms with E-state index in [9.17, 15) is 4.79 Å². The first-order chi connectivity index (χ1) is 7.75. The molecule has 5 heteroatoms. The van der Waals surface area contributed by atoms with Crippen LogP contribution in [0.25, 0.3) is 0 Å². The van der Waals surface area contributed by atoms with E-state index in [1.807, 2.05) is 25.1 Å². The van der Waals surface area contributed by atoms with Gasteiger partial charge in [0.25, 0.3) is 0 Å². The average Bonchev–Trinajstić information content (AvgIpc) is 2.73. The molecule has 0 spiro atoms. The van der Waals surface area contributed by atoms with Gasteiger partial charge in [0.05, 0.1) is 0 Å². The van der Waals surface area contributed by atoms with E-state index in [2.05, 4.69) is 20.8 Å². The summed E-state index contributed by atoms with van der Waals surface area (Å²) in [5.74, 6) is -0.149. The Bertz CT molecular complexity index is 481. The van der Waals surface area contributed by atoms with Gasteiger partial charge in [0.1, 0.15) is 0 Å². The zero-order chi connectivity index (χ0) is 11.4. The van der Waals surface area contributed by atoms with Crippen molar-refractivity contribution in [2.24, 2.45) is 0 Å². The van der Waals surface area contributed by atoms with E-state index < -0.39 is 0 Å². The summed E-state index contributed by atoms with van der Waals surface area (Å²) in [6, 6.07) is 9.07. The number of anilines is 1. The predicted octanol–water partition coefficient (Wildman–Crippen LogP) is 1.20. The Morgan fingerprint density at radius 1 is 1.31 bits per heavy atom. The van der Waals surface area contributed by atoms with Gasteiger partial charge < -0.3 is 0 Å². The van der Waals surface area contributed by atoms with Gasteiger partial charge in [0.2, 0.25) is 0 Å². The number of carbonyl (C=O) groups excluding carboxylic acids is 1. The molecular weight excluding hydrogens is 269 g/mol. The van der Waals surface area contributed by atoms with Crippen LogP contribution in [0, 0.1) is 6.92 Å². The Morgan fingerprint density at radius 2 is 2.06 bits per heavy atom. The molecule has 2 N–H and O–H groups in total. The molecule has 2 rings (SSSR count). The van der Waals surface area contributed by atoms with Crippen LogP contribution in [-0.2, 0) is 0 Å². The van der Waals surface area contributed by atoms with E-state index >= 15 is 0 Å². The summed E-state index contributed by atoms with van der Waals surface area (Å²) in [7, 11) is 0. The summed E-state index contributed by atoms with van der Waals surface area (Å²) in [5, 5.41) is 0. The van der Waals surface area contributed by atoms with E-state index in [1.165, 1.54) is 0 Å². The molecule has 0 radical (unpaired) electrons. The number of aromatic nitrogens is 1. The number of nitrogens with zero attached hydrogens (tertiary/aromatic N) is 1. The first-order valence-electron chi connectivity index (χ1n) is 4.79. The Balaban J connectivity index is 1.94. The molecule has 4 nitrogen and oxygen atoms in total. The van der Waals surface area contributed by atoms with Crippen LogP contribution in [-0.4, -0.2) is 25.4 Å². The van der Waals surface area contributed by atoms with Crippen LogP contribution in [0.4, 0.5) is 4.69 Å². The second kappa shape index (κ2) is 4.96. The van der Waals surface area contributed by atoms with Gasteiger partial charge in [-0.2, -0.15) is 0 Å². The molecule has 1 aromatic carbocycles. The molecule has 0 aliphatic rings. The molecule has 0 fully saturated rings. The van der Waals surface area contributed by atoms with E-state index in [0.717, 1.165) is 10.4 Å². The number of hydrazine groups is 1. The van der Waals surface area contributed by atoms with Crippen LogP contribution in [0.5, 0.6) is 0 Å². The van der Waals surface area contributed by atoms with Gasteiger partial charge in [-0.25, -0.2) is 0 Å². The summed E-state index contributed by atoms with van der Waals surface area (Å²) in [5.41, 5.74) is 7.09. The van der Waals surface area contributed by atoms with Crippen molar-refractivity contribution in [2.45, 2.75) is 6.92 Å². The molecule has 82 valence electrons. The summed E-state index contributed by atoms with van der Waals surface area (Å²) in [6.07, 6.45) is 0. The SMILES string of the molecule is Cc1c[se]c(NNC(=O)c2ccccc2)n1. The van der Waals surface area contributed by atoms with Gasteiger partial charge >= 0.3 is 99.2 Å². The van der Waals surface area contributed by atoms with Crippen molar-refractivity contribution >= 4 is 25.1 Å². The van der Waals surface area contributed by atoms with Crippen molar-refractivity contribution in [1.82, 2.24) is 10.4 Å². The summed E-state index contributed by atoms with van der Waals surface area (Å²) < 4.78 is 0.828. The first-order valence-corrected chi connectivity index (χ1v) is 6.64. The quantitative estimate of drug-likeness (QED) is 0.656. The van der Waals surface area contributed by atoms with E-state index in [-0.39, 0.29) is 20.4 Å². The maximum atomic E-state index is 11.6. The van der Waals surface area contributed by atoms with Gasteiger partial charge in [-0.05, 0) is 0 Å². The van der Waals surface area contributed by atoms with E-state index in [4.69, 9.17) is 0 Å². The fraction of sp³-hybridized carbons (Fsp3) is 0.0909. The zero-order valence-electron chi connectivity index (χ0n) is 8.73. The Morgan fingerprint density at radius 3 is 2.69 bits per heavy atom. The molecule has 0 aliphatic carbocycles. The van der Waals surface area contributed by atoms with Crippen LogP contribution in [0.2, 0.25) is 0 Å². The molecule has 0 atom stereocenters. The number of nitrogens with one attached hydrogen (secondary N) is 2. The third kappa shape index (κ3) is 2.72. The molecule has 1 amide bonds. The molecule has 0 unspecified atom stereocenters. The van der Waals surface area contributed by atoms with Gasteiger partial charge in [-0.3, -0.25) is 0 Å². The van der Waals surface area contributed by atoms with E-state index in [0.29, 0.717) is 5.56 Å². The molecule has 2 aromatic rings. The number of benzene rings is 1. The van der Waals surface area contributed by atoms with Crippen LogP contribution >= 0.6 is 0 Å². The predicted molar refractivity (Wildman–Crippen MR) is 63.4 cm³/mol. The monoisotopic (exact) mass is 281 g/mol. The normalized spacial score (nSPS) is 9.81. The van der Waals surface area contributed by atoms with Crippen molar-refractivity contribution in [3.05, 3.63) is 46.5 Å². The molecule has 0 aliphatic heterocycles. The molecule has 16 heavy (non-hydrogen) atoms. The number of carbonyl (C=O) groups is 1.